The zero-order valence-corrected chi connectivity index (χ0v) is 11.2. The second kappa shape index (κ2) is 8.04. The Labute approximate surface area is 101 Å². The monoisotopic (exact) mass is 228 g/mol. The molecule has 0 amide bonds. The van der Waals surface area contributed by atoms with E-state index in [1.165, 1.54) is 38.8 Å². The van der Waals surface area contributed by atoms with Crippen LogP contribution in [0.15, 0.2) is 0 Å². The van der Waals surface area contributed by atoms with Crippen LogP contribution in [0.3, 0.4) is 0 Å². The van der Waals surface area contributed by atoms with Crippen LogP contribution >= 0.6 is 0 Å². The molecular formula is C13H28N2O. The lowest BCUT2D eigenvalue weighted by Crippen LogP contribution is -2.35. The maximum absolute atomic E-state index is 6.07. The fourth-order valence-electron chi connectivity index (χ4n) is 2.21. The quantitative estimate of drug-likeness (QED) is 0.673. The molecule has 16 heavy (non-hydrogen) atoms. The van der Waals surface area contributed by atoms with Crippen molar-refractivity contribution in [2.24, 2.45) is 0 Å². The third-order valence-corrected chi connectivity index (χ3v) is 3.30. The average molecular weight is 228 g/mol. The van der Waals surface area contributed by atoms with Crippen LogP contribution in [0, 0.1) is 0 Å². The second-order valence-electron chi connectivity index (χ2n) is 4.95. The summed E-state index contributed by atoms with van der Waals surface area (Å²) in [5, 5.41) is 3.35. The highest BCUT2D eigenvalue weighted by atomic mass is 16.5. The molecule has 0 aromatic rings. The predicted molar refractivity (Wildman–Crippen MR) is 68.8 cm³/mol. The topological polar surface area (TPSA) is 24.5 Å². The van der Waals surface area contributed by atoms with E-state index in [1.807, 2.05) is 0 Å². The van der Waals surface area contributed by atoms with E-state index in [9.17, 15) is 0 Å². The van der Waals surface area contributed by atoms with Crippen molar-refractivity contribution in [3.63, 3.8) is 0 Å². The highest BCUT2D eigenvalue weighted by Gasteiger charge is 2.18. The van der Waals surface area contributed by atoms with Crippen LogP contribution in [0.1, 0.15) is 39.5 Å². The van der Waals surface area contributed by atoms with Gasteiger partial charge >= 0.3 is 0 Å². The van der Waals surface area contributed by atoms with Crippen molar-refractivity contribution < 1.29 is 4.74 Å². The number of piperidine rings is 1. The summed E-state index contributed by atoms with van der Waals surface area (Å²) >= 11 is 0. The second-order valence-corrected chi connectivity index (χ2v) is 4.95. The van der Waals surface area contributed by atoms with Gasteiger partial charge in [-0.2, -0.15) is 0 Å². The Hall–Kier alpha value is -0.120. The molecule has 0 aromatic carbocycles. The molecule has 1 unspecified atom stereocenters. The van der Waals surface area contributed by atoms with Crippen molar-refractivity contribution in [3.8, 4) is 0 Å². The fraction of sp³-hybridized carbons (Fsp3) is 1.00. The van der Waals surface area contributed by atoms with Gasteiger partial charge in [0.05, 0.1) is 12.2 Å². The molecule has 96 valence electrons. The Bertz CT molecular complexity index is 167. The maximum Gasteiger partial charge on any atom is 0.0603 e. The number of likely N-dealkylation sites (tertiary alicyclic amines) is 1. The zero-order chi connectivity index (χ0) is 11.8. The van der Waals surface area contributed by atoms with Crippen molar-refractivity contribution in [3.05, 3.63) is 0 Å². The number of ether oxygens (including phenoxy) is 1. The Balaban J connectivity index is 2.02. The summed E-state index contributed by atoms with van der Waals surface area (Å²) in [5.41, 5.74) is 0. The SMILES string of the molecule is CCNCCCC(C)OC1CCN(C)CC1. The molecule has 1 fully saturated rings. The van der Waals surface area contributed by atoms with Gasteiger partial charge in [-0.1, -0.05) is 6.92 Å². The number of hydrogen-bond acceptors (Lipinski definition) is 3. The van der Waals surface area contributed by atoms with Gasteiger partial charge in [-0.05, 0) is 52.7 Å². The van der Waals surface area contributed by atoms with E-state index in [1.54, 1.807) is 0 Å². The number of nitrogens with one attached hydrogen (secondary N) is 1. The van der Waals surface area contributed by atoms with Gasteiger partial charge in [0.15, 0.2) is 0 Å². The summed E-state index contributed by atoms with van der Waals surface area (Å²) < 4.78 is 6.07. The Morgan fingerprint density at radius 2 is 2.06 bits per heavy atom. The first-order valence-corrected chi connectivity index (χ1v) is 6.77. The summed E-state index contributed by atoms with van der Waals surface area (Å²) in [4.78, 5) is 2.38. The van der Waals surface area contributed by atoms with Crippen LogP contribution < -0.4 is 5.32 Å². The van der Waals surface area contributed by atoms with Crippen LogP contribution in [0.2, 0.25) is 0 Å². The fourth-order valence-corrected chi connectivity index (χ4v) is 2.21. The molecule has 1 N–H and O–H groups in total. The van der Waals surface area contributed by atoms with Crippen molar-refractivity contribution in [2.45, 2.75) is 51.7 Å². The number of hydrogen-bond donors (Lipinski definition) is 1. The van der Waals surface area contributed by atoms with Gasteiger partial charge in [-0.15, -0.1) is 0 Å². The predicted octanol–water partition coefficient (Wildman–Crippen LogP) is 1.88. The normalized spacial score (nSPS) is 21.2. The van der Waals surface area contributed by atoms with Crippen LogP contribution in [0.5, 0.6) is 0 Å². The molecule has 1 aliphatic heterocycles. The molecule has 0 spiro atoms. The van der Waals surface area contributed by atoms with Crippen molar-refractivity contribution in [1.82, 2.24) is 10.2 Å². The summed E-state index contributed by atoms with van der Waals surface area (Å²) in [6, 6.07) is 0. The van der Waals surface area contributed by atoms with Crippen LogP contribution in [-0.4, -0.2) is 50.3 Å². The van der Waals surface area contributed by atoms with Crippen LogP contribution in [0.4, 0.5) is 0 Å². The molecule has 0 aliphatic carbocycles. The average Bonchev–Trinajstić information content (AvgIpc) is 2.28. The van der Waals surface area contributed by atoms with E-state index in [-0.39, 0.29) is 0 Å². The van der Waals surface area contributed by atoms with Crippen molar-refractivity contribution >= 4 is 0 Å². The van der Waals surface area contributed by atoms with E-state index in [0.29, 0.717) is 12.2 Å². The molecule has 0 radical (unpaired) electrons. The van der Waals surface area contributed by atoms with Gasteiger partial charge in [-0.3, -0.25) is 0 Å². The van der Waals surface area contributed by atoms with E-state index in [0.717, 1.165) is 13.1 Å². The molecule has 1 rings (SSSR count). The molecular weight excluding hydrogens is 200 g/mol. The van der Waals surface area contributed by atoms with Gasteiger partial charge in [0.25, 0.3) is 0 Å². The zero-order valence-electron chi connectivity index (χ0n) is 11.2. The lowest BCUT2D eigenvalue weighted by Gasteiger charge is -2.31. The van der Waals surface area contributed by atoms with Crippen LogP contribution in [0.25, 0.3) is 0 Å². The van der Waals surface area contributed by atoms with Crippen LogP contribution in [-0.2, 0) is 4.74 Å². The molecule has 0 aromatic heterocycles. The Kier molecular flexibility index (Phi) is 7.01. The van der Waals surface area contributed by atoms with Gasteiger partial charge in [0, 0.05) is 13.1 Å². The third kappa shape index (κ3) is 5.83. The van der Waals surface area contributed by atoms with E-state index >= 15 is 0 Å². The smallest absolute Gasteiger partial charge is 0.0603 e. The first-order chi connectivity index (χ1) is 7.72. The van der Waals surface area contributed by atoms with Gasteiger partial charge in [0.2, 0.25) is 0 Å². The first kappa shape index (κ1) is 13.9. The minimum Gasteiger partial charge on any atom is -0.375 e. The summed E-state index contributed by atoms with van der Waals surface area (Å²) in [7, 11) is 2.19. The molecule has 0 saturated carbocycles. The highest BCUT2D eigenvalue weighted by Crippen LogP contribution is 2.15. The molecule has 1 heterocycles. The molecule has 1 aliphatic rings. The summed E-state index contributed by atoms with van der Waals surface area (Å²) in [6.07, 6.45) is 5.74. The largest absolute Gasteiger partial charge is 0.375 e. The van der Waals surface area contributed by atoms with Gasteiger partial charge in [0.1, 0.15) is 0 Å². The molecule has 3 nitrogen and oxygen atoms in total. The standard InChI is InChI=1S/C13H28N2O/c1-4-14-9-5-6-12(2)16-13-7-10-15(3)11-8-13/h12-14H,4-11H2,1-3H3. The van der Waals surface area contributed by atoms with Crippen molar-refractivity contribution in [2.75, 3.05) is 33.2 Å². The third-order valence-electron chi connectivity index (χ3n) is 3.30. The van der Waals surface area contributed by atoms with Gasteiger partial charge in [-0.25, -0.2) is 0 Å². The van der Waals surface area contributed by atoms with E-state index in [4.69, 9.17) is 4.74 Å². The summed E-state index contributed by atoms with van der Waals surface area (Å²) in [6.45, 7) is 8.94. The molecule has 0 bridgehead atoms. The minimum absolute atomic E-state index is 0.423. The van der Waals surface area contributed by atoms with Gasteiger partial charge < -0.3 is 15.0 Å². The molecule has 3 heteroatoms. The maximum atomic E-state index is 6.07. The van der Waals surface area contributed by atoms with Crippen molar-refractivity contribution in [1.29, 1.82) is 0 Å². The number of rotatable bonds is 7. The molecule has 1 atom stereocenters. The Morgan fingerprint density at radius 3 is 2.69 bits per heavy atom. The molecule has 1 saturated heterocycles. The van der Waals surface area contributed by atoms with E-state index in [2.05, 4.69) is 31.1 Å². The summed E-state index contributed by atoms with van der Waals surface area (Å²) in [5.74, 6) is 0. The minimum atomic E-state index is 0.423. The number of nitrogens with zero attached hydrogens (tertiary/aromatic N) is 1. The lowest BCUT2D eigenvalue weighted by atomic mass is 10.1. The highest BCUT2D eigenvalue weighted by molar-refractivity contribution is 4.71. The Morgan fingerprint density at radius 1 is 1.38 bits per heavy atom. The first-order valence-electron chi connectivity index (χ1n) is 6.77. The van der Waals surface area contributed by atoms with E-state index < -0.39 is 0 Å². The lowest BCUT2D eigenvalue weighted by molar-refractivity contribution is -0.0349.